The van der Waals surface area contributed by atoms with Crippen molar-refractivity contribution in [1.82, 2.24) is 5.32 Å². The van der Waals surface area contributed by atoms with E-state index in [0.29, 0.717) is 0 Å². The number of hydrogen-bond donors (Lipinski definition) is 1. The zero-order valence-electron chi connectivity index (χ0n) is 12.8. The zero-order valence-corrected chi connectivity index (χ0v) is 12.8. The molecule has 1 rings (SSSR count). The van der Waals surface area contributed by atoms with Crippen molar-refractivity contribution in [3.05, 3.63) is 35.9 Å². The highest BCUT2D eigenvalue weighted by atomic mass is 16.6. The Labute approximate surface area is 120 Å². The van der Waals surface area contributed by atoms with E-state index in [9.17, 15) is 9.59 Å². The van der Waals surface area contributed by atoms with Crippen molar-refractivity contribution >= 4 is 11.9 Å². The molecule has 0 aliphatic rings. The number of carbonyl (C=O) groups excluding carboxylic acids is 2. The van der Waals surface area contributed by atoms with Gasteiger partial charge in [0.05, 0.1) is 6.04 Å². The number of benzene rings is 1. The van der Waals surface area contributed by atoms with Crippen molar-refractivity contribution < 1.29 is 14.3 Å². The third-order valence-electron chi connectivity index (χ3n) is 2.97. The maximum absolute atomic E-state index is 11.9. The molecule has 20 heavy (non-hydrogen) atoms. The van der Waals surface area contributed by atoms with Crippen LogP contribution in [-0.4, -0.2) is 17.5 Å². The van der Waals surface area contributed by atoms with Crippen LogP contribution in [0, 0.1) is 5.92 Å². The van der Waals surface area contributed by atoms with Gasteiger partial charge < -0.3 is 10.1 Å². The molecule has 0 fully saturated rings. The molecule has 0 saturated carbocycles. The molecule has 0 spiro atoms. The molecular formula is C16H23NO3. The average molecular weight is 277 g/mol. The van der Waals surface area contributed by atoms with Crippen LogP contribution < -0.4 is 5.32 Å². The van der Waals surface area contributed by atoms with Crippen LogP contribution in [0.5, 0.6) is 0 Å². The minimum Gasteiger partial charge on any atom is -0.444 e. The van der Waals surface area contributed by atoms with Gasteiger partial charge in [0.25, 0.3) is 0 Å². The van der Waals surface area contributed by atoms with E-state index in [1.54, 1.807) is 27.7 Å². The summed E-state index contributed by atoms with van der Waals surface area (Å²) in [5, 5.41) is 2.79. The fourth-order valence-electron chi connectivity index (χ4n) is 1.83. The Kier molecular flexibility index (Phi) is 5.31. The first kappa shape index (κ1) is 16.2. The second-order valence-electron chi connectivity index (χ2n) is 5.93. The quantitative estimate of drug-likeness (QED) is 0.916. The van der Waals surface area contributed by atoms with Crippen molar-refractivity contribution in [1.29, 1.82) is 0 Å². The first-order chi connectivity index (χ1) is 9.20. The molecule has 110 valence electrons. The van der Waals surface area contributed by atoms with Gasteiger partial charge in [-0.25, -0.2) is 4.79 Å². The van der Waals surface area contributed by atoms with E-state index < -0.39 is 11.7 Å². The summed E-state index contributed by atoms with van der Waals surface area (Å²) in [4.78, 5) is 23.6. The van der Waals surface area contributed by atoms with Crippen molar-refractivity contribution in [2.45, 2.75) is 46.3 Å². The molecule has 0 bridgehead atoms. The van der Waals surface area contributed by atoms with E-state index in [-0.39, 0.29) is 17.7 Å². The second-order valence-corrected chi connectivity index (χ2v) is 5.93. The number of hydrogen-bond acceptors (Lipinski definition) is 3. The lowest BCUT2D eigenvalue weighted by Gasteiger charge is -2.26. The van der Waals surface area contributed by atoms with Crippen molar-refractivity contribution in [3.63, 3.8) is 0 Å². The van der Waals surface area contributed by atoms with E-state index in [0.717, 1.165) is 5.56 Å². The summed E-state index contributed by atoms with van der Waals surface area (Å²) < 4.78 is 5.26. The SMILES string of the molecule is CC(=O)[C@@H](C)[C@H](NC(=O)OC(C)(C)C)c1ccccc1. The molecule has 2 atom stereocenters. The summed E-state index contributed by atoms with van der Waals surface area (Å²) in [6.07, 6.45) is -0.514. The molecule has 1 amide bonds. The highest BCUT2D eigenvalue weighted by molar-refractivity contribution is 5.80. The molecule has 1 N–H and O–H groups in total. The Morgan fingerprint density at radius 2 is 1.70 bits per heavy atom. The van der Waals surface area contributed by atoms with Gasteiger partial charge in [-0.1, -0.05) is 37.3 Å². The smallest absolute Gasteiger partial charge is 0.408 e. The Balaban J connectivity index is 2.90. The van der Waals surface area contributed by atoms with Gasteiger partial charge in [0.15, 0.2) is 0 Å². The summed E-state index contributed by atoms with van der Waals surface area (Å²) >= 11 is 0. The topological polar surface area (TPSA) is 55.4 Å². The van der Waals surface area contributed by atoms with Crippen LogP contribution in [-0.2, 0) is 9.53 Å². The lowest BCUT2D eigenvalue weighted by Crippen LogP contribution is -2.38. The van der Waals surface area contributed by atoms with E-state index in [1.807, 2.05) is 30.3 Å². The van der Waals surface area contributed by atoms with Gasteiger partial charge in [-0.2, -0.15) is 0 Å². The minimum atomic E-state index is -0.565. The first-order valence-electron chi connectivity index (χ1n) is 6.75. The molecule has 0 aromatic heterocycles. The standard InChI is InChI=1S/C16H23NO3/c1-11(12(2)18)14(13-9-7-6-8-10-13)17-15(19)20-16(3,4)5/h6-11,14H,1-5H3,(H,17,19)/t11-,14+/m1/s1. The highest BCUT2D eigenvalue weighted by Gasteiger charge is 2.26. The summed E-state index contributed by atoms with van der Waals surface area (Å²) in [7, 11) is 0. The number of amides is 1. The number of alkyl carbamates (subject to hydrolysis) is 1. The van der Waals surface area contributed by atoms with Crippen LogP contribution in [0.4, 0.5) is 4.79 Å². The van der Waals surface area contributed by atoms with Crippen molar-refractivity contribution in [3.8, 4) is 0 Å². The molecule has 0 saturated heterocycles. The van der Waals surface area contributed by atoms with Gasteiger partial charge >= 0.3 is 6.09 Å². The van der Waals surface area contributed by atoms with Gasteiger partial charge in [0.1, 0.15) is 11.4 Å². The van der Waals surface area contributed by atoms with Crippen molar-refractivity contribution in [2.24, 2.45) is 5.92 Å². The highest BCUT2D eigenvalue weighted by Crippen LogP contribution is 2.23. The molecule has 1 aromatic rings. The van der Waals surface area contributed by atoms with E-state index in [4.69, 9.17) is 4.74 Å². The number of ketones is 1. The van der Waals surface area contributed by atoms with Gasteiger partial charge in [-0.05, 0) is 33.3 Å². The molecule has 1 aromatic carbocycles. The first-order valence-corrected chi connectivity index (χ1v) is 6.75. The Morgan fingerprint density at radius 3 is 2.15 bits per heavy atom. The molecule has 0 aliphatic heterocycles. The maximum Gasteiger partial charge on any atom is 0.408 e. The lowest BCUT2D eigenvalue weighted by atomic mass is 9.92. The minimum absolute atomic E-state index is 0.0231. The van der Waals surface area contributed by atoms with Gasteiger partial charge in [0, 0.05) is 5.92 Å². The number of ether oxygens (including phenoxy) is 1. The van der Waals surface area contributed by atoms with E-state index in [2.05, 4.69) is 5.32 Å². The Bertz CT molecular complexity index is 462. The Hall–Kier alpha value is -1.84. The molecule has 0 aliphatic carbocycles. The van der Waals surface area contributed by atoms with Crippen LogP contribution in [0.2, 0.25) is 0 Å². The van der Waals surface area contributed by atoms with Gasteiger partial charge in [-0.3, -0.25) is 4.79 Å². The number of nitrogens with one attached hydrogen (secondary N) is 1. The van der Waals surface area contributed by atoms with Crippen LogP contribution in [0.1, 0.15) is 46.2 Å². The van der Waals surface area contributed by atoms with Crippen LogP contribution >= 0.6 is 0 Å². The fourth-order valence-corrected chi connectivity index (χ4v) is 1.83. The molecule has 0 heterocycles. The van der Waals surface area contributed by atoms with Crippen LogP contribution in [0.15, 0.2) is 30.3 Å². The molecular weight excluding hydrogens is 254 g/mol. The Morgan fingerprint density at radius 1 is 1.15 bits per heavy atom. The maximum atomic E-state index is 11.9. The van der Waals surface area contributed by atoms with Gasteiger partial charge in [-0.15, -0.1) is 0 Å². The number of rotatable bonds is 4. The molecule has 0 unspecified atom stereocenters. The monoisotopic (exact) mass is 277 g/mol. The number of carbonyl (C=O) groups is 2. The average Bonchev–Trinajstić information content (AvgIpc) is 2.34. The zero-order chi connectivity index (χ0) is 15.3. The predicted octanol–water partition coefficient (Wildman–Crippen LogP) is 3.48. The molecule has 4 nitrogen and oxygen atoms in total. The number of Topliss-reactive ketones (excluding diaryl/α,β-unsaturated/α-hetero) is 1. The third kappa shape index (κ3) is 5.03. The van der Waals surface area contributed by atoms with Crippen LogP contribution in [0.3, 0.4) is 0 Å². The second kappa shape index (κ2) is 6.55. The largest absolute Gasteiger partial charge is 0.444 e. The van der Waals surface area contributed by atoms with Gasteiger partial charge in [0.2, 0.25) is 0 Å². The molecule has 0 radical (unpaired) electrons. The van der Waals surface area contributed by atoms with E-state index in [1.165, 1.54) is 6.92 Å². The van der Waals surface area contributed by atoms with Crippen molar-refractivity contribution in [2.75, 3.05) is 0 Å². The molecule has 4 heteroatoms. The summed E-state index contributed by atoms with van der Waals surface area (Å²) in [6.45, 7) is 8.74. The summed E-state index contributed by atoms with van der Waals surface area (Å²) in [5.41, 5.74) is 0.325. The lowest BCUT2D eigenvalue weighted by molar-refractivity contribution is -0.121. The third-order valence-corrected chi connectivity index (χ3v) is 2.97. The predicted molar refractivity (Wildman–Crippen MR) is 78.4 cm³/mol. The normalized spacial score (nSPS) is 14.2. The van der Waals surface area contributed by atoms with E-state index >= 15 is 0 Å². The summed E-state index contributed by atoms with van der Waals surface area (Å²) in [5.74, 6) is -0.292. The van der Waals surface area contributed by atoms with Crippen LogP contribution in [0.25, 0.3) is 0 Å². The summed E-state index contributed by atoms with van der Waals surface area (Å²) in [6, 6.07) is 9.05. The fraction of sp³-hybridized carbons (Fsp3) is 0.500.